The first-order chi connectivity index (χ1) is 10.1. The molecule has 0 atom stereocenters. The van der Waals surface area contributed by atoms with Crippen LogP contribution in [0.2, 0.25) is 5.02 Å². The molecule has 112 valence electrons. The summed E-state index contributed by atoms with van der Waals surface area (Å²) in [5, 5.41) is 8.78. The van der Waals surface area contributed by atoms with Crippen molar-refractivity contribution in [3.8, 4) is 5.82 Å². The number of aromatic nitrogens is 3. The van der Waals surface area contributed by atoms with Crippen molar-refractivity contribution in [2.45, 2.75) is 52.6 Å². The number of hydrogen-bond acceptors (Lipinski definition) is 3. The summed E-state index contributed by atoms with van der Waals surface area (Å²) in [6, 6.07) is 4.98. The van der Waals surface area contributed by atoms with Crippen LogP contribution in [0.15, 0.2) is 12.1 Å². The highest BCUT2D eigenvalue weighted by Crippen LogP contribution is 2.23. The summed E-state index contributed by atoms with van der Waals surface area (Å²) < 4.78 is 1.84. The molecule has 21 heavy (non-hydrogen) atoms. The van der Waals surface area contributed by atoms with E-state index in [1.807, 2.05) is 18.5 Å². The first kappa shape index (κ1) is 14.5. The van der Waals surface area contributed by atoms with Gasteiger partial charge in [0.15, 0.2) is 5.82 Å². The Morgan fingerprint density at radius 2 is 2.10 bits per heavy atom. The molecular formula is C16H21ClN4. The first-order valence-electron chi connectivity index (χ1n) is 7.53. The summed E-state index contributed by atoms with van der Waals surface area (Å²) >= 11 is 6.25. The van der Waals surface area contributed by atoms with E-state index in [0.717, 1.165) is 40.9 Å². The van der Waals surface area contributed by atoms with Crippen molar-refractivity contribution in [2.24, 2.45) is 0 Å². The van der Waals surface area contributed by atoms with Gasteiger partial charge in [-0.25, -0.2) is 9.67 Å². The molecule has 1 aliphatic carbocycles. The third-order valence-electron chi connectivity index (χ3n) is 3.88. The summed E-state index contributed by atoms with van der Waals surface area (Å²) in [5.41, 5.74) is 4.13. The van der Waals surface area contributed by atoms with Gasteiger partial charge in [0.1, 0.15) is 0 Å². The lowest BCUT2D eigenvalue weighted by Gasteiger charge is -2.10. The van der Waals surface area contributed by atoms with Crippen molar-refractivity contribution in [1.29, 1.82) is 0 Å². The maximum absolute atomic E-state index is 6.25. The van der Waals surface area contributed by atoms with Gasteiger partial charge in [-0.2, -0.15) is 5.10 Å². The number of halogens is 1. The molecule has 0 aliphatic heterocycles. The van der Waals surface area contributed by atoms with Crippen LogP contribution in [-0.2, 0) is 13.0 Å². The number of pyridine rings is 1. The van der Waals surface area contributed by atoms with Crippen molar-refractivity contribution < 1.29 is 0 Å². The Balaban J connectivity index is 1.95. The minimum atomic E-state index is 0.704. The Kier molecular flexibility index (Phi) is 4.00. The SMILES string of the molecule is CCc1cc(CNC2CC2)cc(-n2nc(C)c(Cl)c2C)n1. The molecule has 0 bridgehead atoms. The van der Waals surface area contributed by atoms with Crippen LogP contribution >= 0.6 is 11.6 Å². The minimum Gasteiger partial charge on any atom is -0.310 e. The molecule has 5 heteroatoms. The number of hydrogen-bond donors (Lipinski definition) is 1. The molecule has 2 aromatic rings. The number of aryl methyl sites for hydroxylation is 2. The van der Waals surface area contributed by atoms with Crippen molar-refractivity contribution in [1.82, 2.24) is 20.1 Å². The summed E-state index contributed by atoms with van der Waals surface area (Å²) in [6.45, 7) is 6.91. The second kappa shape index (κ2) is 5.78. The highest BCUT2D eigenvalue weighted by molar-refractivity contribution is 6.31. The van der Waals surface area contributed by atoms with E-state index in [4.69, 9.17) is 16.6 Å². The van der Waals surface area contributed by atoms with Gasteiger partial charge in [0.05, 0.1) is 16.4 Å². The van der Waals surface area contributed by atoms with Crippen LogP contribution in [0.4, 0.5) is 0 Å². The van der Waals surface area contributed by atoms with Gasteiger partial charge in [-0.1, -0.05) is 18.5 Å². The zero-order chi connectivity index (χ0) is 15.0. The lowest BCUT2D eigenvalue weighted by Crippen LogP contribution is -2.16. The molecule has 0 amide bonds. The molecular weight excluding hydrogens is 284 g/mol. The molecule has 0 spiro atoms. The summed E-state index contributed by atoms with van der Waals surface area (Å²) in [7, 11) is 0. The van der Waals surface area contributed by atoms with Crippen molar-refractivity contribution >= 4 is 11.6 Å². The van der Waals surface area contributed by atoms with E-state index in [9.17, 15) is 0 Å². The lowest BCUT2D eigenvalue weighted by molar-refractivity contribution is 0.683. The Morgan fingerprint density at radius 1 is 1.33 bits per heavy atom. The molecule has 4 nitrogen and oxygen atoms in total. The fourth-order valence-electron chi connectivity index (χ4n) is 2.42. The Bertz CT molecular complexity index is 659. The van der Waals surface area contributed by atoms with Crippen LogP contribution in [0.5, 0.6) is 0 Å². The average molecular weight is 305 g/mol. The topological polar surface area (TPSA) is 42.7 Å². The van der Waals surface area contributed by atoms with E-state index in [1.165, 1.54) is 18.4 Å². The number of rotatable bonds is 5. The third-order valence-corrected chi connectivity index (χ3v) is 4.43. The summed E-state index contributed by atoms with van der Waals surface area (Å²) in [5.74, 6) is 0.856. The molecule has 1 saturated carbocycles. The molecule has 2 aromatic heterocycles. The second-order valence-electron chi connectivity index (χ2n) is 5.73. The van der Waals surface area contributed by atoms with Crippen LogP contribution in [0.1, 0.15) is 42.4 Å². The van der Waals surface area contributed by atoms with Gasteiger partial charge < -0.3 is 5.32 Å². The maximum Gasteiger partial charge on any atom is 0.154 e. The molecule has 3 rings (SSSR count). The number of nitrogens with zero attached hydrogens (tertiary/aromatic N) is 3. The van der Waals surface area contributed by atoms with Crippen LogP contribution in [-0.4, -0.2) is 20.8 Å². The van der Waals surface area contributed by atoms with Crippen LogP contribution in [0.25, 0.3) is 5.82 Å². The van der Waals surface area contributed by atoms with E-state index >= 15 is 0 Å². The summed E-state index contributed by atoms with van der Waals surface area (Å²) in [6.07, 6.45) is 3.51. The standard InChI is InChI=1S/C16H21ClN4/c1-4-13-7-12(9-18-14-5-6-14)8-15(19-13)21-11(3)16(17)10(2)20-21/h7-8,14,18H,4-6,9H2,1-3H3. The van der Waals surface area contributed by atoms with Crippen LogP contribution in [0.3, 0.4) is 0 Å². The third kappa shape index (κ3) is 3.11. The molecule has 1 N–H and O–H groups in total. The van der Waals surface area contributed by atoms with Crippen LogP contribution in [0, 0.1) is 13.8 Å². The monoisotopic (exact) mass is 304 g/mol. The quantitative estimate of drug-likeness (QED) is 0.921. The summed E-state index contributed by atoms with van der Waals surface area (Å²) in [4.78, 5) is 4.69. The maximum atomic E-state index is 6.25. The van der Waals surface area contributed by atoms with Gasteiger partial charge in [-0.3, -0.25) is 0 Å². The molecule has 0 aromatic carbocycles. The highest BCUT2D eigenvalue weighted by atomic mass is 35.5. The predicted molar refractivity (Wildman–Crippen MR) is 85.1 cm³/mol. The molecule has 0 radical (unpaired) electrons. The largest absolute Gasteiger partial charge is 0.310 e. The van der Waals surface area contributed by atoms with E-state index in [1.54, 1.807) is 0 Å². The van der Waals surface area contributed by atoms with E-state index in [-0.39, 0.29) is 0 Å². The Labute approximate surface area is 130 Å². The zero-order valence-electron chi connectivity index (χ0n) is 12.8. The van der Waals surface area contributed by atoms with Gasteiger partial charge in [0.2, 0.25) is 0 Å². The zero-order valence-corrected chi connectivity index (χ0v) is 13.5. The minimum absolute atomic E-state index is 0.704. The van der Waals surface area contributed by atoms with Gasteiger partial charge in [0, 0.05) is 18.3 Å². The highest BCUT2D eigenvalue weighted by Gasteiger charge is 2.20. The Morgan fingerprint density at radius 3 is 2.67 bits per heavy atom. The Hall–Kier alpha value is -1.39. The molecule has 1 fully saturated rings. The van der Waals surface area contributed by atoms with Crippen LogP contribution < -0.4 is 5.32 Å². The lowest BCUT2D eigenvalue weighted by atomic mass is 10.2. The van der Waals surface area contributed by atoms with Crippen molar-refractivity contribution in [2.75, 3.05) is 0 Å². The predicted octanol–water partition coefficient (Wildman–Crippen LogP) is 3.35. The van der Waals surface area contributed by atoms with Crippen molar-refractivity contribution in [3.63, 3.8) is 0 Å². The van der Waals surface area contributed by atoms with E-state index in [0.29, 0.717) is 6.04 Å². The normalized spacial score (nSPS) is 14.7. The second-order valence-corrected chi connectivity index (χ2v) is 6.11. The van der Waals surface area contributed by atoms with Gasteiger partial charge in [-0.15, -0.1) is 0 Å². The number of nitrogens with one attached hydrogen (secondary N) is 1. The molecule has 2 heterocycles. The van der Waals surface area contributed by atoms with Gasteiger partial charge in [0.25, 0.3) is 0 Å². The molecule has 0 saturated heterocycles. The fourth-order valence-corrected chi connectivity index (χ4v) is 2.54. The smallest absolute Gasteiger partial charge is 0.154 e. The van der Waals surface area contributed by atoms with Crippen molar-refractivity contribution in [3.05, 3.63) is 39.8 Å². The molecule has 0 unspecified atom stereocenters. The van der Waals surface area contributed by atoms with Gasteiger partial charge >= 0.3 is 0 Å². The molecule has 1 aliphatic rings. The average Bonchev–Trinajstić information content (AvgIpc) is 3.28. The van der Waals surface area contributed by atoms with Gasteiger partial charge in [-0.05, 0) is 50.8 Å². The van der Waals surface area contributed by atoms with E-state index in [2.05, 4.69) is 29.5 Å². The fraction of sp³-hybridized carbons (Fsp3) is 0.500. The van der Waals surface area contributed by atoms with E-state index < -0.39 is 0 Å². The first-order valence-corrected chi connectivity index (χ1v) is 7.91.